The van der Waals surface area contributed by atoms with Crippen LogP contribution in [0.1, 0.15) is 38.5 Å². The number of halogens is 2. The van der Waals surface area contributed by atoms with Crippen LogP contribution in [-0.4, -0.2) is 16.9 Å². The highest BCUT2D eigenvalue weighted by atomic mass is 79.9. The van der Waals surface area contributed by atoms with Gasteiger partial charge in [0.25, 0.3) is 0 Å². The minimum Gasteiger partial charge on any atom is -0.484 e. The van der Waals surface area contributed by atoms with Crippen molar-refractivity contribution in [3.05, 3.63) is 34.1 Å². The fourth-order valence-corrected chi connectivity index (χ4v) is 3.53. The Hall–Kier alpha value is -1.17. The van der Waals surface area contributed by atoms with Crippen molar-refractivity contribution in [3.63, 3.8) is 0 Å². The van der Waals surface area contributed by atoms with Crippen LogP contribution in [0.3, 0.4) is 0 Å². The van der Waals surface area contributed by atoms with E-state index in [1.807, 2.05) is 0 Å². The molecule has 0 spiro atoms. The van der Waals surface area contributed by atoms with Gasteiger partial charge in [0.15, 0.2) is 5.82 Å². The maximum Gasteiger partial charge on any atom is 0.314 e. The number of ether oxygens (including phenoxy) is 1. The maximum absolute atomic E-state index is 13.8. The van der Waals surface area contributed by atoms with E-state index in [0.29, 0.717) is 6.61 Å². The van der Waals surface area contributed by atoms with Crippen molar-refractivity contribution in [2.75, 3.05) is 11.9 Å². The average molecular weight is 360 g/mol. The number of para-hydroxylation sites is 1. The SMILES string of the molecule is O=[N+]([O-])c1cccc(F)c1OCC1(CBr)CCCCCC1. The van der Waals surface area contributed by atoms with Gasteiger partial charge < -0.3 is 4.74 Å². The lowest BCUT2D eigenvalue weighted by atomic mass is 9.83. The largest absolute Gasteiger partial charge is 0.484 e. The number of hydrogen-bond donors (Lipinski definition) is 0. The van der Waals surface area contributed by atoms with Crippen LogP contribution in [0.5, 0.6) is 5.75 Å². The van der Waals surface area contributed by atoms with Crippen molar-refractivity contribution in [2.45, 2.75) is 38.5 Å². The summed E-state index contributed by atoms with van der Waals surface area (Å²) >= 11 is 3.53. The molecule has 1 aliphatic rings. The van der Waals surface area contributed by atoms with Gasteiger partial charge in [0.1, 0.15) is 0 Å². The second-order valence-corrected chi connectivity index (χ2v) is 6.24. The van der Waals surface area contributed by atoms with Crippen molar-refractivity contribution in [1.82, 2.24) is 0 Å². The number of benzene rings is 1. The zero-order chi connectivity index (χ0) is 15.3. The van der Waals surface area contributed by atoms with Crippen LogP contribution in [0.2, 0.25) is 0 Å². The first-order valence-electron chi connectivity index (χ1n) is 7.20. The van der Waals surface area contributed by atoms with Gasteiger partial charge in [0, 0.05) is 16.8 Å². The van der Waals surface area contributed by atoms with Crippen molar-refractivity contribution in [2.24, 2.45) is 5.41 Å². The number of rotatable bonds is 5. The third-order valence-electron chi connectivity index (χ3n) is 4.11. The lowest BCUT2D eigenvalue weighted by Gasteiger charge is -2.30. The highest BCUT2D eigenvalue weighted by molar-refractivity contribution is 9.09. The van der Waals surface area contributed by atoms with Gasteiger partial charge in [-0.05, 0) is 18.9 Å². The molecule has 0 radical (unpaired) electrons. The Bertz CT molecular complexity index is 502. The molecule has 0 aliphatic heterocycles. The summed E-state index contributed by atoms with van der Waals surface area (Å²) in [5.74, 6) is -0.922. The Morgan fingerprint density at radius 2 is 1.95 bits per heavy atom. The molecule has 2 rings (SSSR count). The summed E-state index contributed by atoms with van der Waals surface area (Å²) in [6.45, 7) is 0.306. The molecule has 0 atom stereocenters. The van der Waals surface area contributed by atoms with Crippen LogP contribution >= 0.6 is 15.9 Å². The molecule has 1 aromatic carbocycles. The molecule has 1 aliphatic carbocycles. The molecular weight excluding hydrogens is 341 g/mol. The van der Waals surface area contributed by atoms with E-state index in [1.54, 1.807) is 0 Å². The Labute approximate surface area is 132 Å². The number of nitro groups is 1. The highest BCUT2D eigenvalue weighted by Gasteiger charge is 2.32. The molecule has 0 N–H and O–H groups in total. The van der Waals surface area contributed by atoms with E-state index in [2.05, 4.69) is 15.9 Å². The first kappa shape index (κ1) is 16.2. The van der Waals surface area contributed by atoms with E-state index in [4.69, 9.17) is 4.74 Å². The first-order valence-corrected chi connectivity index (χ1v) is 8.32. The summed E-state index contributed by atoms with van der Waals surface area (Å²) in [5.41, 5.74) is -0.375. The smallest absolute Gasteiger partial charge is 0.314 e. The Kier molecular flexibility index (Phi) is 5.56. The number of hydrogen-bond acceptors (Lipinski definition) is 3. The number of nitrogens with zero attached hydrogens (tertiary/aromatic N) is 1. The van der Waals surface area contributed by atoms with Gasteiger partial charge in [0.2, 0.25) is 5.75 Å². The van der Waals surface area contributed by atoms with Crippen LogP contribution in [0.4, 0.5) is 10.1 Å². The molecule has 0 heterocycles. The molecule has 0 unspecified atom stereocenters. The van der Waals surface area contributed by atoms with Crippen LogP contribution in [-0.2, 0) is 0 Å². The number of nitro benzene ring substituents is 1. The molecular formula is C15H19BrFNO3. The van der Waals surface area contributed by atoms with Crippen molar-refractivity contribution >= 4 is 21.6 Å². The van der Waals surface area contributed by atoms with E-state index in [9.17, 15) is 14.5 Å². The molecule has 116 valence electrons. The van der Waals surface area contributed by atoms with Gasteiger partial charge in [-0.2, -0.15) is 0 Å². The van der Waals surface area contributed by atoms with E-state index in [0.717, 1.165) is 31.0 Å². The van der Waals surface area contributed by atoms with Gasteiger partial charge in [0.05, 0.1) is 11.5 Å². The topological polar surface area (TPSA) is 52.4 Å². The Balaban J connectivity index is 2.16. The molecule has 0 bridgehead atoms. The van der Waals surface area contributed by atoms with Gasteiger partial charge in [-0.15, -0.1) is 0 Å². The predicted octanol–water partition coefficient (Wildman–Crippen LogP) is 4.85. The molecule has 4 nitrogen and oxygen atoms in total. The molecule has 0 aromatic heterocycles. The van der Waals surface area contributed by atoms with E-state index in [-0.39, 0.29) is 16.9 Å². The summed E-state index contributed by atoms with van der Waals surface area (Å²) in [6.07, 6.45) is 6.65. The molecule has 0 amide bonds. The molecule has 1 fully saturated rings. The van der Waals surface area contributed by atoms with E-state index >= 15 is 0 Å². The summed E-state index contributed by atoms with van der Waals surface area (Å²) in [5, 5.41) is 11.7. The van der Waals surface area contributed by atoms with Crippen molar-refractivity contribution in [3.8, 4) is 5.75 Å². The lowest BCUT2D eigenvalue weighted by Crippen LogP contribution is -2.30. The van der Waals surface area contributed by atoms with Gasteiger partial charge in [-0.1, -0.05) is 47.7 Å². The minimum atomic E-state index is -0.678. The fourth-order valence-electron chi connectivity index (χ4n) is 2.80. The van der Waals surface area contributed by atoms with Crippen molar-refractivity contribution < 1.29 is 14.1 Å². The quantitative estimate of drug-likeness (QED) is 0.327. The minimum absolute atomic E-state index is 0.0628. The molecule has 21 heavy (non-hydrogen) atoms. The summed E-state index contributed by atoms with van der Waals surface area (Å²) in [7, 11) is 0. The summed E-state index contributed by atoms with van der Waals surface area (Å²) in [4.78, 5) is 10.4. The zero-order valence-electron chi connectivity index (χ0n) is 11.8. The van der Waals surface area contributed by atoms with E-state index in [1.165, 1.54) is 31.0 Å². The van der Waals surface area contributed by atoms with Crippen molar-refractivity contribution in [1.29, 1.82) is 0 Å². The molecule has 6 heteroatoms. The van der Waals surface area contributed by atoms with Gasteiger partial charge in [-0.25, -0.2) is 4.39 Å². The lowest BCUT2D eigenvalue weighted by molar-refractivity contribution is -0.386. The standard InChI is InChI=1S/C15H19BrFNO3/c16-10-15(8-3-1-2-4-9-15)11-21-14-12(17)6-5-7-13(14)18(19)20/h5-7H,1-4,8-11H2. The predicted molar refractivity (Wildman–Crippen MR) is 82.5 cm³/mol. The zero-order valence-corrected chi connectivity index (χ0v) is 13.4. The number of alkyl halides is 1. The maximum atomic E-state index is 13.8. The third-order valence-corrected chi connectivity index (χ3v) is 5.30. The fraction of sp³-hybridized carbons (Fsp3) is 0.600. The molecule has 1 saturated carbocycles. The highest BCUT2D eigenvalue weighted by Crippen LogP contribution is 2.39. The Morgan fingerprint density at radius 1 is 1.29 bits per heavy atom. The van der Waals surface area contributed by atoms with Gasteiger partial charge >= 0.3 is 5.69 Å². The van der Waals surface area contributed by atoms with Crippen LogP contribution in [0.25, 0.3) is 0 Å². The first-order chi connectivity index (χ1) is 10.1. The summed E-state index contributed by atoms with van der Waals surface area (Å²) in [6, 6.07) is 3.79. The second kappa shape index (κ2) is 7.20. The monoisotopic (exact) mass is 359 g/mol. The van der Waals surface area contributed by atoms with Crippen LogP contribution in [0, 0.1) is 21.3 Å². The van der Waals surface area contributed by atoms with Crippen LogP contribution in [0.15, 0.2) is 18.2 Å². The average Bonchev–Trinajstić information content (AvgIpc) is 2.72. The Morgan fingerprint density at radius 3 is 2.52 bits per heavy atom. The molecule has 1 aromatic rings. The molecule has 0 saturated heterocycles. The van der Waals surface area contributed by atoms with Gasteiger partial charge in [-0.3, -0.25) is 10.1 Å². The van der Waals surface area contributed by atoms with Crippen LogP contribution < -0.4 is 4.74 Å². The summed E-state index contributed by atoms with van der Waals surface area (Å²) < 4.78 is 19.4. The van der Waals surface area contributed by atoms with E-state index < -0.39 is 10.7 Å². The second-order valence-electron chi connectivity index (χ2n) is 5.68. The third kappa shape index (κ3) is 3.93. The normalized spacial score (nSPS) is 18.0.